The van der Waals surface area contributed by atoms with Crippen LogP contribution in [-0.2, 0) is 24.7 Å². The number of ether oxygens (including phenoxy) is 2. The van der Waals surface area contributed by atoms with E-state index < -0.39 is 9.84 Å². The van der Waals surface area contributed by atoms with Crippen molar-refractivity contribution in [1.82, 2.24) is 9.97 Å². The molecule has 1 aromatic heterocycles. The minimum atomic E-state index is -2.68. The Morgan fingerprint density at radius 3 is 1.62 bits per heavy atom. The highest BCUT2D eigenvalue weighted by Gasteiger charge is 2.35. The van der Waals surface area contributed by atoms with Gasteiger partial charge in [0.25, 0.3) is 5.56 Å². The molecule has 1 aromatic rings. The average Bonchev–Trinajstić information content (AvgIpc) is 3.40. The largest absolute Gasteiger partial charge is 0.478 e. The number of nitrogens with zero attached hydrogens (tertiary/aromatic N) is 2. The van der Waals surface area contributed by atoms with E-state index in [0.717, 1.165) is 43.8 Å². The maximum Gasteiger partial charge on any atom is 0.251 e. The zero-order valence-electron chi connectivity index (χ0n) is 30.7. The molecule has 9 heteroatoms. The summed E-state index contributed by atoms with van der Waals surface area (Å²) in [6.07, 6.45) is 3.36. The number of sulfone groups is 1. The summed E-state index contributed by atoms with van der Waals surface area (Å²) in [4.78, 5) is 22.4. The summed E-state index contributed by atoms with van der Waals surface area (Å²) in [6.45, 7) is 34.4. The Hall–Kier alpha value is -1.74. The van der Waals surface area contributed by atoms with Crippen molar-refractivity contribution in [1.29, 1.82) is 0 Å². The lowest BCUT2D eigenvalue weighted by atomic mass is 9.76. The molecule has 0 saturated carbocycles. The second-order valence-corrected chi connectivity index (χ2v) is 19.7. The Morgan fingerprint density at radius 2 is 1.36 bits per heavy atom. The van der Waals surface area contributed by atoms with Crippen molar-refractivity contribution in [2.45, 2.75) is 141 Å². The van der Waals surface area contributed by atoms with Crippen LogP contribution in [0.25, 0.3) is 0 Å². The third kappa shape index (κ3) is 16.6. The maximum absolute atomic E-state index is 11.1. The zero-order valence-corrected chi connectivity index (χ0v) is 31.5. The van der Waals surface area contributed by atoms with E-state index in [1.54, 1.807) is 13.0 Å². The normalized spacial score (nSPS) is 21.3. The van der Waals surface area contributed by atoms with Gasteiger partial charge >= 0.3 is 0 Å². The number of H-pyrrole nitrogens is 1. The molecule has 0 bridgehead atoms. The number of aryl methyl sites for hydroxylation is 1. The first kappa shape index (κ1) is 43.3. The van der Waals surface area contributed by atoms with Gasteiger partial charge in [0.15, 0.2) is 15.7 Å². The van der Waals surface area contributed by atoms with Crippen molar-refractivity contribution in [3.8, 4) is 0 Å². The molecule has 0 amide bonds. The summed E-state index contributed by atoms with van der Waals surface area (Å²) >= 11 is 0. The average molecular weight is 656 g/mol. The molecule has 0 aromatic carbocycles. The van der Waals surface area contributed by atoms with Crippen LogP contribution in [0.15, 0.2) is 15.9 Å². The van der Waals surface area contributed by atoms with Crippen LogP contribution in [0.4, 0.5) is 0 Å². The van der Waals surface area contributed by atoms with E-state index in [1.807, 2.05) is 20.8 Å². The minimum absolute atomic E-state index is 0. The van der Waals surface area contributed by atoms with Crippen LogP contribution in [0.3, 0.4) is 0 Å². The van der Waals surface area contributed by atoms with Gasteiger partial charge in [-0.15, -0.1) is 0 Å². The summed E-state index contributed by atoms with van der Waals surface area (Å²) in [6, 6.07) is 1.55. The quantitative estimate of drug-likeness (QED) is 0.302. The van der Waals surface area contributed by atoms with Gasteiger partial charge in [0.05, 0.1) is 22.7 Å². The van der Waals surface area contributed by atoms with Crippen LogP contribution in [0, 0.1) is 35.0 Å². The Labute approximate surface area is 276 Å². The fraction of sp³-hybridized carbons (Fsp3) is 0.861. The van der Waals surface area contributed by atoms with Gasteiger partial charge in [-0.1, -0.05) is 90.5 Å². The molecule has 3 aliphatic rings. The number of hydrogen-bond donors (Lipinski definition) is 1. The molecule has 4 rings (SSSR count). The second-order valence-electron chi connectivity index (χ2n) is 17.5. The van der Waals surface area contributed by atoms with Crippen LogP contribution in [0.5, 0.6) is 0 Å². The highest BCUT2D eigenvalue weighted by atomic mass is 32.2. The molecule has 0 radical (unpaired) electrons. The molecule has 264 valence electrons. The first-order valence-corrected chi connectivity index (χ1v) is 18.0. The van der Waals surface area contributed by atoms with Gasteiger partial charge in [0.2, 0.25) is 0 Å². The molecule has 1 atom stereocenters. The highest BCUT2D eigenvalue weighted by molar-refractivity contribution is 7.91. The lowest BCUT2D eigenvalue weighted by molar-refractivity contribution is 0.0286. The number of rotatable bonds is 0. The Kier molecular flexibility index (Phi) is 15.8. The fourth-order valence-electron chi connectivity index (χ4n) is 4.97. The third-order valence-electron chi connectivity index (χ3n) is 8.14. The standard InChI is InChI=1S/C9H14N2O.C9H17NO.C9H18O.C8H16O2S.CH4/c1-6-10-7(9(2,3)4)5-8(12)11-6;1-8(2,3)7-10-9(4,5)6-11-7;1-9(2,3)8-4-6-10-7-5-8;1-8(2,3)7-4-5-11(9,10)6-7;/h5H,1-4H3,(H,10,11,12);6H2,1-5H3;8H,4-7H2,1-3H3;7H,4-6H2,1-3H3;1H4. The first-order valence-electron chi connectivity index (χ1n) is 16.2. The molecule has 2 saturated heterocycles. The number of aliphatic imine (C=N–C) groups is 1. The van der Waals surface area contributed by atoms with E-state index in [9.17, 15) is 13.2 Å². The van der Waals surface area contributed by atoms with Gasteiger partial charge < -0.3 is 14.5 Å². The van der Waals surface area contributed by atoms with Crippen LogP contribution in [-0.4, -0.2) is 61.1 Å². The van der Waals surface area contributed by atoms with E-state index in [2.05, 4.69) is 91.1 Å². The summed E-state index contributed by atoms with van der Waals surface area (Å²) in [7, 11) is -2.68. The van der Waals surface area contributed by atoms with Gasteiger partial charge in [-0.05, 0) is 62.7 Å². The SMILES string of the molecule is C.CC(C)(C)C1CCOCC1.CC(C)(C)C1CCS(=O)(=O)C1.CC1(C)COC(C(C)(C)C)=N1.Cc1nc(C(C)(C)C)cc(=O)[nH]1. The van der Waals surface area contributed by atoms with Gasteiger partial charge in [0, 0.05) is 30.1 Å². The summed E-state index contributed by atoms with van der Waals surface area (Å²) in [5.41, 5.74) is 1.40. The van der Waals surface area contributed by atoms with Gasteiger partial charge in [0.1, 0.15) is 12.4 Å². The van der Waals surface area contributed by atoms with E-state index in [1.165, 1.54) is 12.8 Å². The summed E-state index contributed by atoms with van der Waals surface area (Å²) in [5.74, 6) is 3.61. The topological polar surface area (TPSA) is 111 Å². The monoisotopic (exact) mass is 655 g/mol. The number of aromatic amines is 1. The lowest BCUT2D eigenvalue weighted by Gasteiger charge is -2.33. The Balaban J connectivity index is 0.000000570. The molecule has 3 aliphatic heterocycles. The highest BCUT2D eigenvalue weighted by Crippen LogP contribution is 2.35. The number of nitrogens with one attached hydrogen (secondary N) is 1. The first-order chi connectivity index (χ1) is 19.6. The van der Waals surface area contributed by atoms with Gasteiger partial charge in [-0.3, -0.25) is 4.79 Å². The molecule has 45 heavy (non-hydrogen) atoms. The van der Waals surface area contributed by atoms with E-state index >= 15 is 0 Å². The molecule has 1 unspecified atom stereocenters. The van der Waals surface area contributed by atoms with E-state index in [4.69, 9.17) is 9.47 Å². The van der Waals surface area contributed by atoms with Crippen molar-refractivity contribution in [2.75, 3.05) is 31.3 Å². The number of hydrogen-bond acceptors (Lipinski definition) is 7. The van der Waals surface area contributed by atoms with Crippen LogP contribution >= 0.6 is 0 Å². The molecule has 1 N–H and O–H groups in total. The molecule has 4 heterocycles. The van der Waals surface area contributed by atoms with Gasteiger partial charge in [-0.2, -0.15) is 0 Å². The van der Waals surface area contributed by atoms with Crippen molar-refractivity contribution >= 4 is 15.7 Å². The predicted molar refractivity (Wildman–Crippen MR) is 191 cm³/mol. The van der Waals surface area contributed by atoms with Crippen LogP contribution < -0.4 is 5.56 Å². The predicted octanol–water partition coefficient (Wildman–Crippen LogP) is 8.18. The van der Waals surface area contributed by atoms with Crippen molar-refractivity contribution in [3.05, 3.63) is 27.9 Å². The third-order valence-corrected chi connectivity index (χ3v) is 9.91. The summed E-state index contributed by atoms with van der Waals surface area (Å²) < 4.78 is 33.0. The maximum atomic E-state index is 11.1. The summed E-state index contributed by atoms with van der Waals surface area (Å²) in [5, 5.41) is 0. The Bertz CT molecular complexity index is 1230. The van der Waals surface area contributed by atoms with Crippen molar-refractivity contribution in [2.24, 2.45) is 33.1 Å². The molecule has 0 aliphatic carbocycles. The fourth-order valence-corrected chi connectivity index (χ4v) is 7.06. The van der Waals surface area contributed by atoms with E-state index in [0.29, 0.717) is 28.7 Å². The van der Waals surface area contributed by atoms with Crippen LogP contribution in [0.1, 0.15) is 135 Å². The number of aromatic nitrogens is 2. The van der Waals surface area contributed by atoms with E-state index in [-0.39, 0.29) is 34.8 Å². The van der Waals surface area contributed by atoms with Crippen molar-refractivity contribution < 1.29 is 17.9 Å². The van der Waals surface area contributed by atoms with Gasteiger partial charge in [-0.25, -0.2) is 18.4 Å². The van der Waals surface area contributed by atoms with Crippen molar-refractivity contribution in [3.63, 3.8) is 0 Å². The van der Waals surface area contributed by atoms with Crippen LogP contribution in [0.2, 0.25) is 0 Å². The molecule has 2 fully saturated rings. The Morgan fingerprint density at radius 1 is 0.844 bits per heavy atom. The molecule has 8 nitrogen and oxygen atoms in total. The molecular weight excluding hydrogens is 586 g/mol. The lowest BCUT2D eigenvalue weighted by Crippen LogP contribution is -2.27. The second kappa shape index (κ2) is 16.4. The molecule has 0 spiro atoms. The molecular formula is C36H69N3O5S. The zero-order chi connectivity index (χ0) is 34.4. The minimum Gasteiger partial charge on any atom is -0.478 e. The smallest absolute Gasteiger partial charge is 0.251 e.